The minimum Gasteiger partial charge on any atom is -0.497 e. The normalized spacial score (nSPS) is 12.7. The van der Waals surface area contributed by atoms with Crippen molar-refractivity contribution in [2.45, 2.75) is 25.6 Å². The van der Waals surface area contributed by atoms with Gasteiger partial charge < -0.3 is 14.8 Å². The predicted octanol–water partition coefficient (Wildman–Crippen LogP) is 2.99. The van der Waals surface area contributed by atoms with Crippen molar-refractivity contribution in [1.29, 1.82) is 0 Å². The number of rotatable bonds is 6. The number of hydrogen-bond donors (Lipinski definition) is 1. The van der Waals surface area contributed by atoms with E-state index in [1.54, 1.807) is 12.1 Å². The maximum Gasteiger partial charge on any atom is 0.409 e. The lowest BCUT2D eigenvalue weighted by Crippen LogP contribution is -2.38. The Balaban J connectivity index is 2.81. The van der Waals surface area contributed by atoms with Crippen molar-refractivity contribution in [2.75, 3.05) is 19.0 Å². The van der Waals surface area contributed by atoms with E-state index in [1.165, 1.54) is 26.2 Å². The van der Waals surface area contributed by atoms with E-state index in [2.05, 4.69) is 10.1 Å². The smallest absolute Gasteiger partial charge is 0.409 e. The van der Waals surface area contributed by atoms with Gasteiger partial charge in [-0.25, -0.2) is 0 Å². The molecule has 0 radical (unpaired) electrons. The number of methoxy groups -OCH3 is 1. The summed E-state index contributed by atoms with van der Waals surface area (Å²) in [5, 5.41) is 2.28. The molecule has 0 fully saturated rings. The summed E-state index contributed by atoms with van der Waals surface area (Å²) in [7, 11) is 1.42. The van der Waals surface area contributed by atoms with Crippen LogP contribution in [0.5, 0.6) is 5.75 Å². The van der Waals surface area contributed by atoms with E-state index in [-0.39, 0.29) is 12.3 Å². The van der Waals surface area contributed by atoms with Crippen molar-refractivity contribution in [3.8, 4) is 5.75 Å². The molecule has 0 amide bonds. The Morgan fingerprint density at radius 2 is 2.10 bits per heavy atom. The molecular formula is C13H16F3NO3. The van der Waals surface area contributed by atoms with Crippen LogP contribution >= 0.6 is 0 Å². The molecule has 0 aliphatic carbocycles. The summed E-state index contributed by atoms with van der Waals surface area (Å²) in [5.74, 6) is -0.475. The molecule has 0 aliphatic rings. The number of alkyl halides is 3. The van der Waals surface area contributed by atoms with Gasteiger partial charge in [0, 0.05) is 11.8 Å². The first kappa shape index (κ1) is 16.1. The predicted molar refractivity (Wildman–Crippen MR) is 67.7 cm³/mol. The van der Waals surface area contributed by atoms with Crippen LogP contribution in [0.2, 0.25) is 0 Å². The van der Waals surface area contributed by atoms with E-state index >= 15 is 0 Å². The maximum absolute atomic E-state index is 12.9. The Kier molecular flexibility index (Phi) is 5.66. The van der Waals surface area contributed by atoms with Gasteiger partial charge in [-0.15, -0.1) is 0 Å². The van der Waals surface area contributed by atoms with Crippen LogP contribution in [0.25, 0.3) is 0 Å². The van der Waals surface area contributed by atoms with Crippen molar-refractivity contribution in [3.63, 3.8) is 0 Å². The summed E-state index contributed by atoms with van der Waals surface area (Å²) < 4.78 is 48.1. The first-order valence-electron chi connectivity index (χ1n) is 5.99. The summed E-state index contributed by atoms with van der Waals surface area (Å²) in [5.41, 5.74) is 0.218. The average Bonchev–Trinajstić information content (AvgIpc) is 2.37. The molecule has 0 saturated heterocycles. The number of carbonyl (C=O) groups excluding carboxylic acids is 1. The second-order valence-corrected chi connectivity index (χ2v) is 3.98. The highest BCUT2D eigenvalue weighted by molar-refractivity contribution is 5.71. The molecule has 0 spiro atoms. The van der Waals surface area contributed by atoms with Gasteiger partial charge in [-0.2, -0.15) is 13.2 Å². The van der Waals surface area contributed by atoms with Gasteiger partial charge in [0.05, 0.1) is 20.1 Å². The maximum atomic E-state index is 12.9. The molecule has 1 aromatic carbocycles. The third-order valence-corrected chi connectivity index (χ3v) is 2.48. The lowest BCUT2D eigenvalue weighted by molar-refractivity contribution is -0.161. The number of hydrogen-bond acceptors (Lipinski definition) is 4. The number of nitrogens with one attached hydrogen (secondary N) is 1. The van der Waals surface area contributed by atoms with E-state index in [0.29, 0.717) is 5.75 Å². The molecule has 0 aliphatic heterocycles. The molecule has 0 heterocycles. The SMILES string of the molecule is CCOC(=O)C[C@@H](Nc1cccc(OC)c1)C(F)(F)F. The summed E-state index contributed by atoms with van der Waals surface area (Å²) in [6.07, 6.45) is -5.34. The van der Waals surface area contributed by atoms with Gasteiger partial charge in [-0.05, 0) is 19.1 Å². The Morgan fingerprint density at radius 3 is 2.65 bits per heavy atom. The quantitative estimate of drug-likeness (QED) is 0.819. The highest BCUT2D eigenvalue weighted by Crippen LogP contribution is 2.27. The number of benzene rings is 1. The number of esters is 1. The van der Waals surface area contributed by atoms with E-state index in [1.807, 2.05) is 0 Å². The van der Waals surface area contributed by atoms with E-state index in [4.69, 9.17) is 4.74 Å². The first-order chi connectivity index (χ1) is 9.36. The molecule has 0 bridgehead atoms. The Labute approximate surface area is 114 Å². The van der Waals surface area contributed by atoms with Gasteiger partial charge in [0.15, 0.2) is 0 Å². The Bertz CT molecular complexity index is 449. The minimum atomic E-state index is -4.56. The molecular weight excluding hydrogens is 275 g/mol. The third kappa shape index (κ3) is 4.99. The van der Waals surface area contributed by atoms with Crippen LogP contribution in [0.4, 0.5) is 18.9 Å². The van der Waals surface area contributed by atoms with Crippen LogP contribution in [0.1, 0.15) is 13.3 Å². The van der Waals surface area contributed by atoms with Crippen LogP contribution in [0, 0.1) is 0 Å². The second kappa shape index (κ2) is 7.02. The summed E-state index contributed by atoms with van der Waals surface area (Å²) in [4.78, 5) is 11.2. The van der Waals surface area contributed by atoms with Crippen molar-refractivity contribution < 1.29 is 27.4 Å². The largest absolute Gasteiger partial charge is 0.497 e. The number of ether oxygens (including phenoxy) is 2. The molecule has 0 saturated carbocycles. The molecule has 0 aromatic heterocycles. The van der Waals surface area contributed by atoms with Crippen LogP contribution in [0.3, 0.4) is 0 Å². The van der Waals surface area contributed by atoms with E-state index in [9.17, 15) is 18.0 Å². The highest BCUT2D eigenvalue weighted by Gasteiger charge is 2.41. The fourth-order valence-electron chi connectivity index (χ4n) is 1.55. The molecule has 112 valence electrons. The Morgan fingerprint density at radius 1 is 1.40 bits per heavy atom. The standard InChI is InChI=1S/C13H16F3NO3/c1-3-20-12(18)8-11(13(14,15)16)17-9-5-4-6-10(7-9)19-2/h4-7,11,17H,3,8H2,1-2H3/t11-/m1/s1. The fourth-order valence-corrected chi connectivity index (χ4v) is 1.55. The number of halogens is 3. The van der Waals surface area contributed by atoms with Crippen LogP contribution in [0.15, 0.2) is 24.3 Å². The summed E-state index contributed by atoms with van der Waals surface area (Å²) >= 11 is 0. The molecule has 7 heteroatoms. The zero-order chi connectivity index (χ0) is 15.2. The van der Waals surface area contributed by atoms with Crippen molar-refractivity contribution >= 4 is 11.7 Å². The zero-order valence-corrected chi connectivity index (χ0v) is 11.2. The van der Waals surface area contributed by atoms with E-state index in [0.717, 1.165) is 0 Å². The topological polar surface area (TPSA) is 47.6 Å². The van der Waals surface area contributed by atoms with Gasteiger partial charge in [0.1, 0.15) is 11.8 Å². The first-order valence-corrected chi connectivity index (χ1v) is 5.99. The average molecular weight is 291 g/mol. The molecule has 1 N–H and O–H groups in total. The van der Waals surface area contributed by atoms with Gasteiger partial charge in [-0.3, -0.25) is 4.79 Å². The molecule has 1 aromatic rings. The summed E-state index contributed by atoms with van der Waals surface area (Å²) in [6.45, 7) is 1.58. The monoisotopic (exact) mass is 291 g/mol. The molecule has 20 heavy (non-hydrogen) atoms. The van der Waals surface area contributed by atoms with Crippen LogP contribution in [-0.2, 0) is 9.53 Å². The number of anilines is 1. The van der Waals surface area contributed by atoms with Gasteiger partial charge in [0.2, 0.25) is 0 Å². The molecule has 1 atom stereocenters. The van der Waals surface area contributed by atoms with Crippen molar-refractivity contribution in [3.05, 3.63) is 24.3 Å². The second-order valence-electron chi connectivity index (χ2n) is 3.98. The van der Waals surface area contributed by atoms with Gasteiger partial charge >= 0.3 is 12.1 Å². The Hall–Kier alpha value is -1.92. The fraction of sp³-hybridized carbons (Fsp3) is 0.462. The van der Waals surface area contributed by atoms with Gasteiger partial charge in [-0.1, -0.05) is 6.07 Å². The van der Waals surface area contributed by atoms with Crippen molar-refractivity contribution in [1.82, 2.24) is 0 Å². The minimum absolute atomic E-state index is 0.0442. The molecule has 1 rings (SSSR count). The van der Waals surface area contributed by atoms with Crippen molar-refractivity contribution in [2.24, 2.45) is 0 Å². The van der Waals surface area contributed by atoms with E-state index < -0.39 is 24.6 Å². The third-order valence-electron chi connectivity index (χ3n) is 2.48. The molecule has 0 unspecified atom stereocenters. The van der Waals surface area contributed by atoms with Crippen LogP contribution < -0.4 is 10.1 Å². The zero-order valence-electron chi connectivity index (χ0n) is 11.2. The number of carbonyl (C=O) groups is 1. The highest BCUT2D eigenvalue weighted by atomic mass is 19.4. The van der Waals surface area contributed by atoms with Gasteiger partial charge in [0.25, 0.3) is 0 Å². The molecule has 4 nitrogen and oxygen atoms in total. The lowest BCUT2D eigenvalue weighted by atomic mass is 10.2. The lowest BCUT2D eigenvalue weighted by Gasteiger charge is -2.22. The van der Waals surface area contributed by atoms with Crippen LogP contribution in [-0.4, -0.2) is 31.9 Å². The summed E-state index contributed by atoms with van der Waals surface area (Å²) in [6, 6.07) is 4.04.